The summed E-state index contributed by atoms with van der Waals surface area (Å²) in [5.41, 5.74) is 4.30. The van der Waals surface area contributed by atoms with Crippen molar-refractivity contribution in [2.75, 3.05) is 0 Å². The van der Waals surface area contributed by atoms with Gasteiger partial charge in [0, 0.05) is 29.7 Å². The van der Waals surface area contributed by atoms with Gasteiger partial charge in [-0.15, -0.1) is 0 Å². The third-order valence-corrected chi connectivity index (χ3v) is 4.27. The van der Waals surface area contributed by atoms with Crippen LogP contribution in [0.4, 0.5) is 0 Å². The lowest BCUT2D eigenvalue weighted by Crippen LogP contribution is -2.23. The van der Waals surface area contributed by atoms with Crippen molar-refractivity contribution in [1.29, 1.82) is 0 Å². The number of carbonyl (C=O) groups excluding carboxylic acids is 1. The highest BCUT2D eigenvalue weighted by Crippen LogP contribution is 2.18. The van der Waals surface area contributed by atoms with E-state index >= 15 is 0 Å². The second-order valence-electron chi connectivity index (χ2n) is 4.86. The van der Waals surface area contributed by atoms with Gasteiger partial charge in [0.2, 0.25) is 0 Å². The van der Waals surface area contributed by atoms with Crippen LogP contribution in [0, 0.1) is 0 Å². The first-order chi connectivity index (χ1) is 9.74. The quantitative estimate of drug-likeness (QED) is 0.908. The van der Waals surface area contributed by atoms with E-state index < -0.39 is 0 Å². The van der Waals surface area contributed by atoms with E-state index in [0.717, 1.165) is 28.7 Å². The first-order valence-electron chi connectivity index (χ1n) is 6.58. The molecule has 2 N–H and O–H groups in total. The van der Waals surface area contributed by atoms with E-state index in [1.165, 1.54) is 11.1 Å². The first kappa shape index (κ1) is 13.3. The SMILES string of the molecule is O=C(NCc1ccccc1Br)c1ccc2c(c1)CNC2. The summed E-state index contributed by atoms with van der Waals surface area (Å²) in [5, 5.41) is 6.24. The van der Waals surface area contributed by atoms with Crippen LogP contribution in [0.1, 0.15) is 27.0 Å². The van der Waals surface area contributed by atoms with E-state index in [0.29, 0.717) is 6.54 Å². The molecule has 1 aliphatic rings. The number of fused-ring (bicyclic) bond motifs is 1. The number of halogens is 1. The van der Waals surface area contributed by atoms with Crippen molar-refractivity contribution in [2.45, 2.75) is 19.6 Å². The number of amides is 1. The predicted molar refractivity (Wildman–Crippen MR) is 82.3 cm³/mol. The molecule has 0 saturated heterocycles. The molecule has 1 amide bonds. The Labute approximate surface area is 126 Å². The summed E-state index contributed by atoms with van der Waals surface area (Å²) in [5.74, 6) is -0.0320. The second kappa shape index (κ2) is 5.77. The Kier molecular flexibility index (Phi) is 3.85. The lowest BCUT2D eigenvalue weighted by atomic mass is 10.1. The number of nitrogens with one attached hydrogen (secondary N) is 2. The average Bonchev–Trinajstić information content (AvgIpc) is 2.93. The van der Waals surface area contributed by atoms with Crippen molar-refractivity contribution in [2.24, 2.45) is 0 Å². The molecule has 0 saturated carbocycles. The number of hydrogen-bond donors (Lipinski definition) is 2. The summed E-state index contributed by atoms with van der Waals surface area (Å²) < 4.78 is 1.01. The molecular weight excluding hydrogens is 316 g/mol. The highest BCUT2D eigenvalue weighted by atomic mass is 79.9. The van der Waals surface area contributed by atoms with Crippen LogP contribution in [0.3, 0.4) is 0 Å². The largest absolute Gasteiger partial charge is 0.348 e. The van der Waals surface area contributed by atoms with Gasteiger partial charge in [0.15, 0.2) is 0 Å². The third kappa shape index (κ3) is 2.76. The third-order valence-electron chi connectivity index (χ3n) is 3.50. The van der Waals surface area contributed by atoms with Crippen LogP contribution in [-0.4, -0.2) is 5.91 Å². The average molecular weight is 331 g/mol. The predicted octanol–water partition coefficient (Wildman–Crippen LogP) is 2.98. The minimum atomic E-state index is -0.0320. The molecule has 0 aromatic heterocycles. The molecule has 0 unspecified atom stereocenters. The standard InChI is InChI=1S/C16H15BrN2O/c17-15-4-2-1-3-13(15)10-19-16(20)11-5-6-12-8-18-9-14(12)7-11/h1-7,18H,8-10H2,(H,19,20). The van der Waals surface area contributed by atoms with Crippen molar-refractivity contribution >= 4 is 21.8 Å². The Morgan fingerprint density at radius 2 is 1.95 bits per heavy atom. The van der Waals surface area contributed by atoms with E-state index in [1.807, 2.05) is 42.5 Å². The summed E-state index contributed by atoms with van der Waals surface area (Å²) in [6.07, 6.45) is 0. The second-order valence-corrected chi connectivity index (χ2v) is 5.72. The molecule has 1 heterocycles. The number of benzene rings is 2. The topological polar surface area (TPSA) is 41.1 Å². The van der Waals surface area contributed by atoms with Crippen molar-refractivity contribution in [3.63, 3.8) is 0 Å². The van der Waals surface area contributed by atoms with Gasteiger partial charge in [-0.3, -0.25) is 4.79 Å². The highest BCUT2D eigenvalue weighted by molar-refractivity contribution is 9.10. The number of carbonyl (C=O) groups is 1. The zero-order chi connectivity index (χ0) is 13.9. The number of hydrogen-bond acceptors (Lipinski definition) is 2. The molecular formula is C16H15BrN2O. The van der Waals surface area contributed by atoms with Crippen molar-refractivity contribution in [3.8, 4) is 0 Å². The van der Waals surface area contributed by atoms with E-state index in [2.05, 4.69) is 26.6 Å². The van der Waals surface area contributed by atoms with Gasteiger partial charge in [0.25, 0.3) is 5.91 Å². The maximum atomic E-state index is 12.2. The van der Waals surface area contributed by atoms with Crippen LogP contribution in [0.25, 0.3) is 0 Å². The molecule has 20 heavy (non-hydrogen) atoms. The van der Waals surface area contributed by atoms with E-state index in [4.69, 9.17) is 0 Å². The molecule has 0 spiro atoms. The van der Waals surface area contributed by atoms with E-state index in [-0.39, 0.29) is 5.91 Å². The first-order valence-corrected chi connectivity index (χ1v) is 7.37. The molecule has 2 aromatic rings. The molecule has 0 bridgehead atoms. The molecule has 0 aliphatic carbocycles. The minimum absolute atomic E-state index is 0.0320. The fourth-order valence-electron chi connectivity index (χ4n) is 2.36. The Balaban J connectivity index is 1.69. The van der Waals surface area contributed by atoms with Crippen LogP contribution in [-0.2, 0) is 19.6 Å². The Bertz CT molecular complexity index is 655. The Hall–Kier alpha value is -1.65. The van der Waals surface area contributed by atoms with Crippen LogP contribution in [0.5, 0.6) is 0 Å². The van der Waals surface area contributed by atoms with Crippen LogP contribution in [0.15, 0.2) is 46.9 Å². The molecule has 2 aromatic carbocycles. The molecule has 3 rings (SSSR count). The van der Waals surface area contributed by atoms with E-state index in [9.17, 15) is 4.79 Å². The highest BCUT2D eigenvalue weighted by Gasteiger charge is 2.13. The van der Waals surface area contributed by atoms with Gasteiger partial charge in [-0.1, -0.05) is 40.2 Å². The number of rotatable bonds is 3. The molecule has 4 heteroatoms. The summed E-state index contributed by atoms with van der Waals surface area (Å²) in [7, 11) is 0. The normalized spacial score (nSPS) is 13.1. The fraction of sp³-hybridized carbons (Fsp3) is 0.188. The molecule has 102 valence electrons. The summed E-state index contributed by atoms with van der Waals surface area (Å²) in [4.78, 5) is 12.2. The van der Waals surface area contributed by atoms with Crippen LogP contribution >= 0.6 is 15.9 Å². The molecule has 0 atom stereocenters. The molecule has 3 nitrogen and oxygen atoms in total. The fourth-order valence-corrected chi connectivity index (χ4v) is 2.78. The van der Waals surface area contributed by atoms with E-state index in [1.54, 1.807) is 0 Å². The molecule has 1 aliphatic heterocycles. The van der Waals surface area contributed by atoms with Gasteiger partial charge >= 0.3 is 0 Å². The minimum Gasteiger partial charge on any atom is -0.348 e. The zero-order valence-electron chi connectivity index (χ0n) is 10.9. The van der Waals surface area contributed by atoms with Crippen LogP contribution in [0.2, 0.25) is 0 Å². The lowest BCUT2D eigenvalue weighted by Gasteiger charge is -2.08. The van der Waals surface area contributed by atoms with Crippen molar-refractivity contribution in [1.82, 2.24) is 10.6 Å². The van der Waals surface area contributed by atoms with Gasteiger partial charge in [0.05, 0.1) is 0 Å². The van der Waals surface area contributed by atoms with Gasteiger partial charge in [-0.05, 0) is 34.9 Å². The Morgan fingerprint density at radius 1 is 1.15 bits per heavy atom. The smallest absolute Gasteiger partial charge is 0.251 e. The molecule has 0 radical (unpaired) electrons. The van der Waals surface area contributed by atoms with Gasteiger partial charge in [-0.25, -0.2) is 0 Å². The Morgan fingerprint density at radius 3 is 2.80 bits per heavy atom. The molecule has 0 fully saturated rings. The van der Waals surface area contributed by atoms with Crippen LogP contribution < -0.4 is 10.6 Å². The summed E-state index contributed by atoms with van der Waals surface area (Å²) in [6, 6.07) is 13.8. The maximum Gasteiger partial charge on any atom is 0.251 e. The van der Waals surface area contributed by atoms with Gasteiger partial charge in [0.1, 0.15) is 0 Å². The lowest BCUT2D eigenvalue weighted by molar-refractivity contribution is 0.0951. The monoisotopic (exact) mass is 330 g/mol. The van der Waals surface area contributed by atoms with Crippen molar-refractivity contribution < 1.29 is 4.79 Å². The van der Waals surface area contributed by atoms with Gasteiger partial charge in [-0.2, -0.15) is 0 Å². The van der Waals surface area contributed by atoms with Gasteiger partial charge < -0.3 is 10.6 Å². The maximum absolute atomic E-state index is 12.2. The van der Waals surface area contributed by atoms with Crippen molar-refractivity contribution in [3.05, 3.63) is 69.2 Å². The summed E-state index contributed by atoms with van der Waals surface area (Å²) >= 11 is 3.48. The zero-order valence-corrected chi connectivity index (χ0v) is 12.5. The summed E-state index contributed by atoms with van der Waals surface area (Å²) in [6.45, 7) is 2.27.